The van der Waals surface area contributed by atoms with Gasteiger partial charge in [-0.2, -0.15) is 0 Å². The summed E-state index contributed by atoms with van der Waals surface area (Å²) in [6.45, 7) is 13.7. The van der Waals surface area contributed by atoms with Crippen molar-refractivity contribution in [2.45, 2.75) is 40.0 Å². The maximum absolute atomic E-state index is 13.4. The number of hydrogen-bond acceptors (Lipinski definition) is 8. The Morgan fingerprint density at radius 1 is 0.778 bits per heavy atom. The summed E-state index contributed by atoms with van der Waals surface area (Å²) in [7, 11) is 1.90. The molecule has 0 saturated heterocycles. The van der Waals surface area contributed by atoms with Crippen LogP contribution in [-0.2, 0) is 31.8 Å². The number of likely N-dealkylation sites (N-methyl/N-ethyl adjacent to an activating group) is 1. The minimum absolute atomic E-state index is 0.140. The predicted octanol–water partition coefficient (Wildman–Crippen LogP) is 5.63. The second-order valence-corrected chi connectivity index (χ2v) is 10.6. The van der Waals surface area contributed by atoms with Gasteiger partial charge in [0.05, 0.1) is 57.6 Å². The molecule has 0 bridgehead atoms. The van der Waals surface area contributed by atoms with Crippen molar-refractivity contribution < 1.29 is 23.7 Å². The Morgan fingerprint density at radius 2 is 1.47 bits per heavy atom. The second kappa shape index (κ2) is 21.4. The van der Waals surface area contributed by atoms with Crippen LogP contribution in [-0.4, -0.2) is 90.4 Å². The minimum Gasteiger partial charge on any atom is -0.379 e. The zero-order chi connectivity index (χ0) is 32.1. The van der Waals surface area contributed by atoms with Gasteiger partial charge in [-0.15, -0.1) is 0 Å². The molecule has 2 N–H and O–H groups in total. The lowest BCUT2D eigenvalue weighted by molar-refractivity contribution is -0.00153. The van der Waals surface area contributed by atoms with Crippen LogP contribution < -0.4 is 15.5 Å². The zero-order valence-corrected chi connectivity index (χ0v) is 27.6. The van der Waals surface area contributed by atoms with E-state index in [2.05, 4.69) is 65.6 Å². The van der Waals surface area contributed by atoms with Crippen molar-refractivity contribution in [3.8, 4) is 11.3 Å². The number of aryl methyl sites for hydroxylation is 2. The largest absolute Gasteiger partial charge is 0.379 e. The molecule has 0 atom stereocenters. The Morgan fingerprint density at radius 3 is 2.13 bits per heavy atom. The van der Waals surface area contributed by atoms with E-state index in [1.54, 1.807) is 0 Å². The van der Waals surface area contributed by atoms with Crippen molar-refractivity contribution in [2.24, 2.45) is 0 Å². The molecule has 0 aliphatic carbocycles. The van der Waals surface area contributed by atoms with Crippen LogP contribution in [0.3, 0.4) is 0 Å². The van der Waals surface area contributed by atoms with Crippen LogP contribution in [0.15, 0.2) is 60.8 Å². The molecule has 1 aromatic heterocycles. The van der Waals surface area contributed by atoms with Crippen molar-refractivity contribution >= 4 is 17.3 Å². The number of rotatable bonds is 23. The molecule has 9 nitrogen and oxygen atoms in total. The molecule has 0 radical (unpaired) electrons. The molecule has 246 valence electrons. The molecule has 0 fully saturated rings. The average molecular weight is 621 g/mol. The first-order valence-electron chi connectivity index (χ1n) is 16.3. The van der Waals surface area contributed by atoms with Crippen LogP contribution in [0.25, 0.3) is 11.3 Å². The maximum atomic E-state index is 13.4. The van der Waals surface area contributed by atoms with Crippen molar-refractivity contribution in [3.05, 3.63) is 77.5 Å². The highest BCUT2D eigenvalue weighted by atomic mass is 16.6. The zero-order valence-electron chi connectivity index (χ0n) is 27.6. The van der Waals surface area contributed by atoms with Gasteiger partial charge in [0.1, 0.15) is 0 Å². The van der Waals surface area contributed by atoms with E-state index in [1.807, 2.05) is 43.6 Å². The van der Waals surface area contributed by atoms with Gasteiger partial charge in [0, 0.05) is 49.3 Å². The van der Waals surface area contributed by atoms with Gasteiger partial charge in [0.15, 0.2) is 0 Å². The fourth-order valence-corrected chi connectivity index (χ4v) is 4.86. The molecule has 1 amide bonds. The molecule has 0 unspecified atom stereocenters. The van der Waals surface area contributed by atoms with Gasteiger partial charge in [-0.05, 0) is 93.7 Å². The van der Waals surface area contributed by atoms with E-state index in [9.17, 15) is 4.79 Å². The maximum Gasteiger partial charge on any atom is 0.255 e. The lowest BCUT2D eigenvalue weighted by atomic mass is 10.0. The van der Waals surface area contributed by atoms with Crippen molar-refractivity contribution in [1.29, 1.82) is 0 Å². The third-order valence-electron chi connectivity index (χ3n) is 7.44. The van der Waals surface area contributed by atoms with E-state index in [0.717, 1.165) is 67.1 Å². The number of ether oxygens (including phenoxy) is 4. The first kappa shape index (κ1) is 36.1. The fraction of sp³-hybridized carbons (Fsp3) is 0.500. The average Bonchev–Trinajstić information content (AvgIpc) is 3.07. The van der Waals surface area contributed by atoms with E-state index >= 15 is 0 Å². The minimum atomic E-state index is -0.140. The Bertz CT molecular complexity index is 1270. The topological polar surface area (TPSA) is 94.2 Å². The summed E-state index contributed by atoms with van der Waals surface area (Å²) in [5, 5.41) is 6.19. The molecule has 1 heterocycles. The molecule has 2 aromatic carbocycles. The first-order valence-corrected chi connectivity index (χ1v) is 16.3. The van der Waals surface area contributed by atoms with E-state index in [-0.39, 0.29) is 5.91 Å². The van der Waals surface area contributed by atoms with Crippen molar-refractivity contribution in [1.82, 2.24) is 10.3 Å². The number of aromatic nitrogens is 1. The van der Waals surface area contributed by atoms with Crippen LogP contribution in [0.2, 0.25) is 0 Å². The number of nitrogens with zero attached hydrogens (tertiary/aromatic N) is 2. The first-order chi connectivity index (χ1) is 22.1. The summed E-state index contributed by atoms with van der Waals surface area (Å²) in [4.78, 5) is 20.4. The molecule has 45 heavy (non-hydrogen) atoms. The van der Waals surface area contributed by atoms with Crippen molar-refractivity contribution in [3.63, 3.8) is 0 Å². The number of anilines is 2. The third kappa shape index (κ3) is 12.9. The number of benzene rings is 2. The van der Waals surface area contributed by atoms with Gasteiger partial charge in [-0.25, -0.2) is 0 Å². The van der Waals surface area contributed by atoms with Gasteiger partial charge in [-0.3, -0.25) is 9.78 Å². The van der Waals surface area contributed by atoms with Crippen LogP contribution in [0, 0.1) is 0 Å². The highest BCUT2D eigenvalue weighted by molar-refractivity contribution is 6.06. The summed E-state index contributed by atoms with van der Waals surface area (Å²) in [6.07, 6.45) is 4.44. The number of hydrogen-bond donors (Lipinski definition) is 2. The second-order valence-electron chi connectivity index (χ2n) is 10.6. The summed E-state index contributed by atoms with van der Waals surface area (Å²) < 4.78 is 22.2. The standard InChI is InChI=1S/C36H52N4O5/c1-5-29-15-16-38-35(27-29)33-28-32(40(6-2)7-3)13-14-34(33)39-36(41)31-12-8-10-30(26-31)11-9-18-42-20-22-44-24-25-45-23-21-43-19-17-37-4/h8,10,12-16,26-28,37H,5-7,9,11,17-25H2,1-4H3,(H,39,41). The highest BCUT2D eigenvalue weighted by Crippen LogP contribution is 2.32. The van der Waals surface area contributed by atoms with E-state index in [4.69, 9.17) is 18.9 Å². The summed E-state index contributed by atoms with van der Waals surface area (Å²) in [5.74, 6) is -0.140. The lowest BCUT2D eigenvalue weighted by Gasteiger charge is -2.23. The van der Waals surface area contributed by atoms with Crippen LogP contribution in [0.4, 0.5) is 11.4 Å². The third-order valence-corrected chi connectivity index (χ3v) is 7.44. The van der Waals surface area contributed by atoms with Crippen LogP contribution in [0.1, 0.15) is 48.7 Å². The Kier molecular flexibility index (Phi) is 17.2. The summed E-state index contributed by atoms with van der Waals surface area (Å²) in [5.41, 5.74) is 6.56. The molecule has 3 aromatic rings. The van der Waals surface area contributed by atoms with E-state index in [0.29, 0.717) is 58.4 Å². The predicted molar refractivity (Wildman–Crippen MR) is 183 cm³/mol. The quantitative estimate of drug-likeness (QED) is 0.132. The monoisotopic (exact) mass is 620 g/mol. The lowest BCUT2D eigenvalue weighted by Crippen LogP contribution is -2.22. The summed E-state index contributed by atoms with van der Waals surface area (Å²) in [6, 6.07) is 18.1. The van der Waals surface area contributed by atoms with Crippen LogP contribution >= 0.6 is 0 Å². The molecular formula is C36H52N4O5. The molecule has 0 saturated carbocycles. The molecule has 3 rings (SSSR count). The Hall–Kier alpha value is -3.34. The van der Waals surface area contributed by atoms with Crippen LogP contribution in [0.5, 0.6) is 0 Å². The Labute approximate surface area is 269 Å². The van der Waals surface area contributed by atoms with Gasteiger partial charge < -0.3 is 34.5 Å². The van der Waals surface area contributed by atoms with Gasteiger partial charge in [-0.1, -0.05) is 19.1 Å². The SMILES string of the molecule is CCc1ccnc(-c2cc(N(CC)CC)ccc2NC(=O)c2cccc(CCCOCCOCCOCCOCCNC)c2)c1. The number of carbonyl (C=O) groups excluding carboxylic acids is 1. The van der Waals surface area contributed by atoms with Gasteiger partial charge >= 0.3 is 0 Å². The van der Waals surface area contributed by atoms with Gasteiger partial charge in [0.25, 0.3) is 5.91 Å². The smallest absolute Gasteiger partial charge is 0.255 e. The normalized spacial score (nSPS) is 11.1. The van der Waals surface area contributed by atoms with E-state index < -0.39 is 0 Å². The van der Waals surface area contributed by atoms with Gasteiger partial charge in [0.2, 0.25) is 0 Å². The number of amides is 1. The number of nitrogens with one attached hydrogen (secondary N) is 2. The Balaban J connectivity index is 1.46. The highest BCUT2D eigenvalue weighted by Gasteiger charge is 2.15. The number of pyridine rings is 1. The summed E-state index contributed by atoms with van der Waals surface area (Å²) >= 11 is 0. The van der Waals surface area contributed by atoms with E-state index in [1.165, 1.54) is 5.56 Å². The van der Waals surface area contributed by atoms with Crippen molar-refractivity contribution in [2.75, 3.05) is 89.8 Å². The molecule has 0 spiro atoms. The molecule has 0 aliphatic heterocycles. The molecular weight excluding hydrogens is 568 g/mol. The number of carbonyl (C=O) groups is 1. The molecule has 9 heteroatoms. The molecule has 0 aliphatic rings. The fourth-order valence-electron chi connectivity index (χ4n) is 4.86.